The van der Waals surface area contributed by atoms with E-state index >= 15 is 0 Å². The van der Waals surface area contributed by atoms with Crippen molar-refractivity contribution in [2.45, 2.75) is 20.5 Å². The maximum absolute atomic E-state index is 8.79. The number of aryl methyl sites for hydroxylation is 2. The van der Waals surface area contributed by atoms with Crippen molar-refractivity contribution in [2.24, 2.45) is 0 Å². The Morgan fingerprint density at radius 3 is 2.80 bits per heavy atom. The van der Waals surface area contributed by atoms with Gasteiger partial charge in [-0.25, -0.2) is 0 Å². The SMILES string of the molecule is Cc1cnc(-c2noc(CO)n2)c(C)c1. The molecular formula is C10H11N3O2. The Morgan fingerprint density at radius 1 is 1.40 bits per heavy atom. The van der Waals surface area contributed by atoms with E-state index < -0.39 is 0 Å². The predicted molar refractivity (Wildman–Crippen MR) is 52.9 cm³/mol. The van der Waals surface area contributed by atoms with Gasteiger partial charge in [0.25, 0.3) is 5.89 Å². The van der Waals surface area contributed by atoms with E-state index in [0.717, 1.165) is 11.1 Å². The fourth-order valence-electron chi connectivity index (χ4n) is 1.36. The molecule has 2 heterocycles. The van der Waals surface area contributed by atoms with Crippen LogP contribution in [0.2, 0.25) is 0 Å². The van der Waals surface area contributed by atoms with Crippen LogP contribution in [0, 0.1) is 13.8 Å². The molecule has 2 aromatic heterocycles. The number of rotatable bonds is 2. The molecule has 0 saturated carbocycles. The number of aromatic nitrogens is 3. The zero-order chi connectivity index (χ0) is 10.8. The van der Waals surface area contributed by atoms with Crippen LogP contribution in [0.25, 0.3) is 11.5 Å². The van der Waals surface area contributed by atoms with Crippen LogP contribution in [0.1, 0.15) is 17.0 Å². The molecule has 0 spiro atoms. The van der Waals surface area contributed by atoms with Crippen LogP contribution in [0.15, 0.2) is 16.8 Å². The number of aliphatic hydroxyl groups is 1. The van der Waals surface area contributed by atoms with E-state index in [1.807, 2.05) is 19.9 Å². The van der Waals surface area contributed by atoms with Gasteiger partial charge in [-0.3, -0.25) is 4.98 Å². The Kier molecular flexibility index (Phi) is 2.47. The van der Waals surface area contributed by atoms with E-state index in [-0.39, 0.29) is 12.5 Å². The molecule has 2 aromatic rings. The van der Waals surface area contributed by atoms with Crippen molar-refractivity contribution < 1.29 is 9.63 Å². The van der Waals surface area contributed by atoms with Crippen LogP contribution in [-0.4, -0.2) is 20.2 Å². The van der Waals surface area contributed by atoms with Crippen LogP contribution in [0.3, 0.4) is 0 Å². The largest absolute Gasteiger partial charge is 0.387 e. The third-order valence-electron chi connectivity index (χ3n) is 2.03. The molecule has 0 bridgehead atoms. The standard InChI is InChI=1S/C10H11N3O2/c1-6-3-7(2)9(11-4-6)10-12-8(5-14)15-13-10/h3-4,14H,5H2,1-2H3. The second-order valence-electron chi connectivity index (χ2n) is 3.35. The number of hydrogen-bond donors (Lipinski definition) is 1. The molecule has 5 nitrogen and oxygen atoms in total. The highest BCUT2D eigenvalue weighted by Crippen LogP contribution is 2.18. The van der Waals surface area contributed by atoms with Gasteiger partial charge in [-0.1, -0.05) is 11.2 Å². The second kappa shape index (κ2) is 3.78. The van der Waals surface area contributed by atoms with Crippen molar-refractivity contribution in [3.8, 4) is 11.5 Å². The summed E-state index contributed by atoms with van der Waals surface area (Å²) in [7, 11) is 0. The van der Waals surface area contributed by atoms with Gasteiger partial charge in [-0.15, -0.1) is 0 Å². The Morgan fingerprint density at radius 2 is 2.20 bits per heavy atom. The highest BCUT2D eigenvalue weighted by Gasteiger charge is 2.11. The molecule has 0 saturated heterocycles. The molecule has 0 amide bonds. The van der Waals surface area contributed by atoms with Gasteiger partial charge in [0.05, 0.1) is 0 Å². The van der Waals surface area contributed by atoms with Crippen LogP contribution < -0.4 is 0 Å². The summed E-state index contributed by atoms with van der Waals surface area (Å²) in [5.74, 6) is 0.614. The highest BCUT2D eigenvalue weighted by molar-refractivity contribution is 5.53. The molecule has 0 unspecified atom stereocenters. The third-order valence-corrected chi connectivity index (χ3v) is 2.03. The molecule has 0 aliphatic rings. The maximum atomic E-state index is 8.79. The Balaban J connectivity index is 2.44. The van der Waals surface area contributed by atoms with Gasteiger partial charge < -0.3 is 9.63 Å². The van der Waals surface area contributed by atoms with Crippen molar-refractivity contribution in [1.29, 1.82) is 0 Å². The first kappa shape index (κ1) is 9.79. The summed E-state index contributed by atoms with van der Waals surface area (Å²) in [6, 6.07) is 2.00. The second-order valence-corrected chi connectivity index (χ2v) is 3.35. The van der Waals surface area contributed by atoms with Crippen molar-refractivity contribution in [3.05, 3.63) is 29.3 Å². The van der Waals surface area contributed by atoms with E-state index in [4.69, 9.17) is 9.63 Å². The lowest BCUT2D eigenvalue weighted by atomic mass is 10.1. The summed E-state index contributed by atoms with van der Waals surface area (Å²) in [5, 5.41) is 12.5. The van der Waals surface area contributed by atoms with E-state index in [1.165, 1.54) is 0 Å². The molecule has 0 aliphatic carbocycles. The first-order valence-electron chi connectivity index (χ1n) is 4.58. The normalized spacial score (nSPS) is 10.6. The molecule has 15 heavy (non-hydrogen) atoms. The zero-order valence-electron chi connectivity index (χ0n) is 8.56. The van der Waals surface area contributed by atoms with Gasteiger partial charge in [-0.2, -0.15) is 4.98 Å². The Labute approximate surface area is 86.8 Å². The highest BCUT2D eigenvalue weighted by atomic mass is 16.5. The van der Waals surface area contributed by atoms with Crippen molar-refractivity contribution in [2.75, 3.05) is 0 Å². The van der Waals surface area contributed by atoms with E-state index in [2.05, 4.69) is 15.1 Å². The molecule has 2 rings (SSSR count). The quantitative estimate of drug-likeness (QED) is 0.798. The minimum absolute atomic E-state index is 0.201. The molecule has 5 heteroatoms. The smallest absolute Gasteiger partial charge is 0.252 e. The van der Waals surface area contributed by atoms with E-state index in [1.54, 1.807) is 6.20 Å². The summed E-state index contributed by atoms with van der Waals surface area (Å²) < 4.78 is 4.80. The van der Waals surface area contributed by atoms with Gasteiger partial charge in [0.1, 0.15) is 12.3 Å². The monoisotopic (exact) mass is 205 g/mol. The maximum Gasteiger partial charge on any atom is 0.252 e. The van der Waals surface area contributed by atoms with Gasteiger partial charge in [0.2, 0.25) is 5.82 Å². The number of aliphatic hydroxyl groups excluding tert-OH is 1. The molecule has 0 fully saturated rings. The summed E-state index contributed by atoms with van der Waals surface area (Å²) >= 11 is 0. The number of hydrogen-bond acceptors (Lipinski definition) is 5. The Hall–Kier alpha value is -1.75. The van der Waals surface area contributed by atoms with Crippen molar-refractivity contribution >= 4 is 0 Å². The van der Waals surface area contributed by atoms with Crippen LogP contribution in [-0.2, 0) is 6.61 Å². The van der Waals surface area contributed by atoms with Crippen LogP contribution >= 0.6 is 0 Å². The third kappa shape index (κ3) is 1.87. The molecule has 0 aromatic carbocycles. The first-order valence-corrected chi connectivity index (χ1v) is 4.58. The van der Waals surface area contributed by atoms with Crippen molar-refractivity contribution in [1.82, 2.24) is 15.1 Å². The molecule has 78 valence electrons. The lowest BCUT2D eigenvalue weighted by Crippen LogP contribution is -1.91. The molecular weight excluding hydrogens is 194 g/mol. The van der Waals surface area contributed by atoms with E-state index in [9.17, 15) is 0 Å². The van der Waals surface area contributed by atoms with Gasteiger partial charge in [-0.05, 0) is 25.0 Å². The lowest BCUT2D eigenvalue weighted by molar-refractivity contribution is 0.222. The lowest BCUT2D eigenvalue weighted by Gasteiger charge is -2.00. The molecule has 0 aliphatic heterocycles. The van der Waals surface area contributed by atoms with Crippen molar-refractivity contribution in [3.63, 3.8) is 0 Å². The number of nitrogens with zero attached hydrogens (tertiary/aromatic N) is 3. The van der Waals surface area contributed by atoms with Crippen LogP contribution in [0.5, 0.6) is 0 Å². The fourth-order valence-corrected chi connectivity index (χ4v) is 1.36. The minimum Gasteiger partial charge on any atom is -0.387 e. The van der Waals surface area contributed by atoms with Gasteiger partial charge in [0, 0.05) is 6.20 Å². The molecule has 0 atom stereocenters. The van der Waals surface area contributed by atoms with Gasteiger partial charge >= 0.3 is 0 Å². The van der Waals surface area contributed by atoms with E-state index in [0.29, 0.717) is 11.5 Å². The summed E-state index contributed by atoms with van der Waals surface area (Å²) in [6.07, 6.45) is 1.75. The average Bonchev–Trinajstić information content (AvgIpc) is 2.66. The Bertz CT molecular complexity index is 479. The molecule has 1 N–H and O–H groups in total. The number of pyridine rings is 1. The topological polar surface area (TPSA) is 72.0 Å². The predicted octanol–water partition coefficient (Wildman–Crippen LogP) is 1.24. The average molecular weight is 205 g/mol. The first-order chi connectivity index (χ1) is 7.20. The minimum atomic E-state index is -0.252. The summed E-state index contributed by atoms with van der Waals surface area (Å²) in [6.45, 7) is 3.65. The zero-order valence-corrected chi connectivity index (χ0v) is 8.56. The summed E-state index contributed by atoms with van der Waals surface area (Å²) in [5.41, 5.74) is 2.76. The van der Waals surface area contributed by atoms with Crippen LogP contribution in [0.4, 0.5) is 0 Å². The molecule has 0 radical (unpaired) electrons. The summed E-state index contributed by atoms with van der Waals surface area (Å²) in [4.78, 5) is 8.23. The fraction of sp³-hybridized carbons (Fsp3) is 0.300. The van der Waals surface area contributed by atoms with Gasteiger partial charge in [0.15, 0.2) is 0 Å².